The van der Waals surface area contributed by atoms with Gasteiger partial charge >= 0.3 is 0 Å². The maximum Gasteiger partial charge on any atom is 0.227 e. The van der Waals surface area contributed by atoms with Gasteiger partial charge in [-0.2, -0.15) is 0 Å². The van der Waals surface area contributed by atoms with Crippen molar-refractivity contribution in [2.24, 2.45) is 11.7 Å². The summed E-state index contributed by atoms with van der Waals surface area (Å²) in [5.41, 5.74) is 8.32. The summed E-state index contributed by atoms with van der Waals surface area (Å²) in [6.07, 6.45) is 4.26. The number of aryl methyl sites for hydroxylation is 1. The van der Waals surface area contributed by atoms with E-state index in [9.17, 15) is 9.59 Å². The van der Waals surface area contributed by atoms with E-state index in [-0.39, 0.29) is 30.3 Å². The summed E-state index contributed by atoms with van der Waals surface area (Å²) in [5.74, 6) is 0.695. The fourth-order valence-electron chi connectivity index (χ4n) is 3.96. The third-order valence-electron chi connectivity index (χ3n) is 5.74. The lowest BCUT2D eigenvalue weighted by Crippen LogP contribution is -2.51. The third kappa shape index (κ3) is 4.98. The predicted molar refractivity (Wildman–Crippen MR) is 105 cm³/mol. The molecule has 0 aromatic heterocycles. The SMILES string of the molecule is Cc1ccccc1CC(=O)N1CCN(C(=O)C[C@@H]2CCC[C@H]2N)CC1.Cl. The van der Waals surface area contributed by atoms with Crippen molar-refractivity contribution in [3.8, 4) is 0 Å². The van der Waals surface area contributed by atoms with E-state index >= 15 is 0 Å². The van der Waals surface area contributed by atoms with Gasteiger partial charge in [-0.15, -0.1) is 12.4 Å². The van der Waals surface area contributed by atoms with Crippen molar-refractivity contribution < 1.29 is 9.59 Å². The van der Waals surface area contributed by atoms with Crippen LogP contribution in [0.4, 0.5) is 0 Å². The second-order valence-corrected chi connectivity index (χ2v) is 7.42. The summed E-state index contributed by atoms with van der Waals surface area (Å²) in [7, 11) is 0. The minimum absolute atomic E-state index is 0. The Morgan fingerprint density at radius 1 is 1.04 bits per heavy atom. The monoisotopic (exact) mass is 379 g/mol. The van der Waals surface area contributed by atoms with Crippen molar-refractivity contribution in [3.05, 3.63) is 35.4 Å². The zero-order valence-electron chi connectivity index (χ0n) is 15.5. The quantitative estimate of drug-likeness (QED) is 0.871. The molecule has 2 atom stereocenters. The molecule has 2 N–H and O–H groups in total. The lowest BCUT2D eigenvalue weighted by molar-refractivity contribution is -0.139. The van der Waals surface area contributed by atoms with Crippen LogP contribution in [-0.2, 0) is 16.0 Å². The molecule has 6 heteroatoms. The Labute approximate surface area is 162 Å². The molecule has 1 aromatic carbocycles. The Morgan fingerprint density at radius 3 is 2.23 bits per heavy atom. The molecular weight excluding hydrogens is 350 g/mol. The Morgan fingerprint density at radius 2 is 1.65 bits per heavy atom. The van der Waals surface area contributed by atoms with Gasteiger partial charge in [-0.25, -0.2) is 0 Å². The number of hydrogen-bond donors (Lipinski definition) is 1. The highest BCUT2D eigenvalue weighted by Crippen LogP contribution is 2.27. The molecule has 5 nitrogen and oxygen atoms in total. The van der Waals surface area contributed by atoms with Gasteiger partial charge in [0.1, 0.15) is 0 Å². The second kappa shape index (κ2) is 9.38. The number of piperazine rings is 1. The number of halogens is 1. The largest absolute Gasteiger partial charge is 0.339 e. The molecule has 26 heavy (non-hydrogen) atoms. The summed E-state index contributed by atoms with van der Waals surface area (Å²) >= 11 is 0. The zero-order chi connectivity index (χ0) is 17.8. The van der Waals surface area contributed by atoms with Crippen molar-refractivity contribution in [3.63, 3.8) is 0 Å². The molecule has 2 amide bonds. The fraction of sp³-hybridized carbons (Fsp3) is 0.600. The normalized spacial score (nSPS) is 22.8. The van der Waals surface area contributed by atoms with E-state index < -0.39 is 0 Å². The number of hydrogen-bond acceptors (Lipinski definition) is 3. The maximum absolute atomic E-state index is 12.5. The topological polar surface area (TPSA) is 66.6 Å². The van der Waals surface area contributed by atoms with Crippen molar-refractivity contribution >= 4 is 24.2 Å². The summed E-state index contributed by atoms with van der Waals surface area (Å²) in [6.45, 7) is 4.58. The number of nitrogens with two attached hydrogens (primary N) is 1. The molecule has 2 aliphatic rings. The predicted octanol–water partition coefficient (Wildman–Crippen LogP) is 2.15. The first-order valence-electron chi connectivity index (χ1n) is 9.40. The van der Waals surface area contributed by atoms with Gasteiger partial charge in [0.05, 0.1) is 6.42 Å². The van der Waals surface area contributed by atoms with Crippen LogP contribution in [0.25, 0.3) is 0 Å². The van der Waals surface area contributed by atoms with Gasteiger partial charge in [-0.05, 0) is 36.8 Å². The first-order chi connectivity index (χ1) is 12.0. The first kappa shape index (κ1) is 20.7. The van der Waals surface area contributed by atoms with E-state index in [1.54, 1.807) is 0 Å². The van der Waals surface area contributed by atoms with E-state index in [2.05, 4.69) is 0 Å². The van der Waals surface area contributed by atoms with Crippen molar-refractivity contribution in [1.82, 2.24) is 9.80 Å². The zero-order valence-corrected chi connectivity index (χ0v) is 16.3. The molecule has 2 fully saturated rings. The molecule has 0 bridgehead atoms. The number of amides is 2. The summed E-state index contributed by atoms with van der Waals surface area (Å²) in [5, 5.41) is 0. The first-order valence-corrected chi connectivity index (χ1v) is 9.40. The lowest BCUT2D eigenvalue weighted by Gasteiger charge is -2.35. The van der Waals surface area contributed by atoms with Crippen LogP contribution in [0.2, 0.25) is 0 Å². The Bertz CT molecular complexity index is 629. The second-order valence-electron chi connectivity index (χ2n) is 7.42. The summed E-state index contributed by atoms with van der Waals surface area (Å²) in [6, 6.07) is 8.19. The van der Waals surface area contributed by atoms with Crippen molar-refractivity contribution in [2.45, 2.75) is 45.1 Å². The van der Waals surface area contributed by atoms with Crippen LogP contribution in [-0.4, -0.2) is 53.8 Å². The molecular formula is C20H30ClN3O2. The molecule has 0 radical (unpaired) electrons. The van der Waals surface area contributed by atoms with Gasteiger partial charge in [0.2, 0.25) is 11.8 Å². The molecule has 1 aliphatic carbocycles. The summed E-state index contributed by atoms with van der Waals surface area (Å²) in [4.78, 5) is 28.8. The van der Waals surface area contributed by atoms with Crippen LogP contribution in [0.3, 0.4) is 0 Å². The average molecular weight is 380 g/mol. The van der Waals surface area contributed by atoms with Crippen LogP contribution in [0.5, 0.6) is 0 Å². The van der Waals surface area contributed by atoms with Crippen molar-refractivity contribution in [1.29, 1.82) is 0 Å². The highest BCUT2D eigenvalue weighted by molar-refractivity contribution is 5.85. The molecule has 3 rings (SSSR count). The van der Waals surface area contributed by atoms with E-state index in [4.69, 9.17) is 5.73 Å². The minimum Gasteiger partial charge on any atom is -0.339 e. The van der Waals surface area contributed by atoms with Crippen LogP contribution in [0.15, 0.2) is 24.3 Å². The van der Waals surface area contributed by atoms with E-state index in [1.165, 1.54) is 0 Å². The lowest BCUT2D eigenvalue weighted by atomic mass is 9.99. The molecule has 0 spiro atoms. The summed E-state index contributed by atoms with van der Waals surface area (Å²) < 4.78 is 0. The van der Waals surface area contributed by atoms with Crippen molar-refractivity contribution in [2.75, 3.05) is 26.2 Å². The number of rotatable bonds is 4. The molecule has 1 aromatic rings. The average Bonchev–Trinajstić information content (AvgIpc) is 3.02. The molecule has 1 heterocycles. The molecule has 0 unspecified atom stereocenters. The van der Waals surface area contributed by atoms with Gasteiger partial charge in [-0.3, -0.25) is 9.59 Å². The van der Waals surface area contributed by atoms with Gasteiger partial charge in [0.15, 0.2) is 0 Å². The number of benzene rings is 1. The molecule has 1 saturated carbocycles. The molecule has 144 valence electrons. The maximum atomic E-state index is 12.5. The van der Waals surface area contributed by atoms with Crippen LogP contribution >= 0.6 is 12.4 Å². The highest BCUT2D eigenvalue weighted by atomic mass is 35.5. The molecule has 1 aliphatic heterocycles. The number of carbonyl (C=O) groups is 2. The van der Waals surface area contributed by atoms with Gasteiger partial charge in [0.25, 0.3) is 0 Å². The smallest absolute Gasteiger partial charge is 0.227 e. The van der Waals surface area contributed by atoms with Gasteiger partial charge in [0, 0.05) is 38.6 Å². The standard InChI is InChI=1S/C20H29N3O2.ClH/c1-15-5-2-3-6-16(15)13-19(24)22-9-11-23(12-10-22)20(25)14-17-7-4-8-18(17)21;/h2-3,5-6,17-18H,4,7-14,21H2,1H3;1H/t17-,18+;/m0./s1. The Balaban J connectivity index is 0.00000243. The van der Waals surface area contributed by atoms with Crippen LogP contribution < -0.4 is 5.73 Å². The molecule has 1 saturated heterocycles. The van der Waals surface area contributed by atoms with E-state index in [0.717, 1.165) is 30.4 Å². The third-order valence-corrected chi connectivity index (χ3v) is 5.74. The number of carbonyl (C=O) groups excluding carboxylic acids is 2. The fourth-order valence-corrected chi connectivity index (χ4v) is 3.96. The number of nitrogens with zero attached hydrogens (tertiary/aromatic N) is 2. The Kier molecular flexibility index (Phi) is 7.47. The highest BCUT2D eigenvalue weighted by Gasteiger charge is 2.30. The van der Waals surface area contributed by atoms with E-state index in [0.29, 0.717) is 44.9 Å². The van der Waals surface area contributed by atoms with Gasteiger partial charge < -0.3 is 15.5 Å². The van der Waals surface area contributed by atoms with Gasteiger partial charge in [-0.1, -0.05) is 30.7 Å². The van der Waals surface area contributed by atoms with Crippen LogP contribution in [0, 0.1) is 12.8 Å². The Hall–Kier alpha value is -1.59. The van der Waals surface area contributed by atoms with Crippen LogP contribution in [0.1, 0.15) is 36.8 Å². The minimum atomic E-state index is 0. The van der Waals surface area contributed by atoms with E-state index in [1.807, 2.05) is 41.0 Å².